The summed E-state index contributed by atoms with van der Waals surface area (Å²) in [6.45, 7) is 0. The van der Waals surface area contributed by atoms with Crippen LogP contribution in [0, 0.1) is 0 Å². The summed E-state index contributed by atoms with van der Waals surface area (Å²) >= 11 is 0. The minimum absolute atomic E-state index is 0. The van der Waals surface area contributed by atoms with Gasteiger partial charge in [-0.25, -0.2) is 0 Å². The van der Waals surface area contributed by atoms with E-state index in [1.165, 1.54) is 0 Å². The van der Waals surface area contributed by atoms with Gasteiger partial charge < -0.3 is 5.11 Å². The number of hydrogen-bond donors (Lipinski definition) is 1. The summed E-state index contributed by atoms with van der Waals surface area (Å²) in [5.41, 5.74) is 0. The second-order valence-corrected chi connectivity index (χ2v) is 2.09. The first-order chi connectivity index (χ1) is 3.06. The standard InChI is InChI=1S/C2H4O4S.Na/c3-1-2-7(4,5)6;/h1-3H,(H,4,5,6);/q;+1/p-1. The molecule has 0 amide bonds. The number of hydrogen-bond acceptors (Lipinski definition) is 3. The third-order valence-corrected chi connectivity index (χ3v) is 0.683. The maximum Gasteiger partial charge on any atom is 1.00 e. The average Bonchev–Trinajstić information content (AvgIpc) is 1.30. The van der Waals surface area contributed by atoms with Gasteiger partial charge in [0.05, 0.1) is 0 Å². The van der Waals surface area contributed by atoms with Crippen LogP contribution in [-0.2, 0) is 10.1 Å². The van der Waals surface area contributed by atoms with Crippen LogP contribution in [0.25, 0.3) is 0 Å². The van der Waals surface area contributed by atoms with Gasteiger partial charge >= 0.3 is 29.6 Å². The summed E-state index contributed by atoms with van der Waals surface area (Å²) in [5, 5.41) is 9.39. The molecule has 0 heterocycles. The van der Waals surface area contributed by atoms with Gasteiger partial charge in [-0.15, -0.1) is 6.26 Å². The first-order valence-corrected chi connectivity index (χ1v) is 2.82. The summed E-state index contributed by atoms with van der Waals surface area (Å²) in [6.07, 6.45) is -0.00463. The first-order valence-electron chi connectivity index (χ1n) is 1.32. The second kappa shape index (κ2) is 4.34. The van der Waals surface area contributed by atoms with Crippen LogP contribution < -0.4 is 34.7 Å². The molecule has 42 valence electrons. The Morgan fingerprint density at radius 2 is 1.88 bits per heavy atom. The van der Waals surface area contributed by atoms with E-state index in [-0.39, 0.29) is 41.2 Å². The summed E-state index contributed by atoms with van der Waals surface area (Å²) in [7, 11) is -4.17. The third-order valence-electron chi connectivity index (χ3n) is 0.228. The van der Waals surface area contributed by atoms with Crippen LogP contribution in [0.1, 0.15) is 0 Å². The summed E-state index contributed by atoms with van der Waals surface area (Å²) < 4.78 is 26.7. The quantitative estimate of drug-likeness (QED) is 0.231. The molecule has 0 aliphatic carbocycles. The van der Waals surface area contributed by atoms with Crippen molar-refractivity contribution in [1.29, 1.82) is 0 Å². The largest absolute Gasteiger partial charge is 1.00 e. The van der Waals surface area contributed by atoms with E-state index < -0.39 is 10.1 Å². The molecule has 1 N–H and O–H groups in total. The Kier molecular flexibility index (Phi) is 6.12. The van der Waals surface area contributed by atoms with Gasteiger partial charge in [0.1, 0.15) is 0 Å². The van der Waals surface area contributed by atoms with E-state index in [0.717, 1.165) is 0 Å². The van der Waals surface area contributed by atoms with Crippen LogP contribution in [0.4, 0.5) is 0 Å². The van der Waals surface area contributed by atoms with Crippen LogP contribution in [0.2, 0.25) is 0 Å². The molecular formula is C2H3NaO4S. The van der Waals surface area contributed by atoms with Crippen molar-refractivity contribution < 1.29 is 47.6 Å². The fourth-order valence-corrected chi connectivity index (χ4v) is 0.211. The molecule has 0 saturated heterocycles. The van der Waals surface area contributed by atoms with Crippen molar-refractivity contribution in [2.75, 3.05) is 0 Å². The third kappa shape index (κ3) is 9.67. The van der Waals surface area contributed by atoms with E-state index in [4.69, 9.17) is 4.55 Å². The summed E-state index contributed by atoms with van der Waals surface area (Å²) in [4.78, 5) is 0. The normalized spacial score (nSPS) is 11.1. The molecular weight excluding hydrogens is 143 g/mol. The molecule has 0 atom stereocenters. The smallest absolute Gasteiger partial charge is 0.877 e. The van der Waals surface area contributed by atoms with Gasteiger partial charge in [-0.2, -0.15) is 8.42 Å². The maximum atomic E-state index is 9.50. The topological polar surface area (TPSA) is 77.4 Å². The zero-order chi connectivity index (χ0) is 5.91. The van der Waals surface area contributed by atoms with Crippen molar-refractivity contribution in [2.24, 2.45) is 0 Å². The van der Waals surface area contributed by atoms with Crippen LogP contribution in [0.15, 0.2) is 11.7 Å². The average molecular weight is 146 g/mol. The van der Waals surface area contributed by atoms with Crippen molar-refractivity contribution in [2.45, 2.75) is 0 Å². The van der Waals surface area contributed by atoms with Crippen LogP contribution in [0.3, 0.4) is 0 Å². The zero-order valence-corrected chi connectivity index (χ0v) is 7.05. The second-order valence-electron chi connectivity index (χ2n) is 0.787. The van der Waals surface area contributed by atoms with Crippen molar-refractivity contribution in [1.82, 2.24) is 0 Å². The van der Waals surface area contributed by atoms with Gasteiger partial charge in [-0.05, 0) is 0 Å². The predicted molar refractivity (Wildman–Crippen MR) is 20.7 cm³/mol. The number of rotatable bonds is 1. The van der Waals surface area contributed by atoms with Gasteiger partial charge in [0, 0.05) is 5.41 Å². The van der Waals surface area contributed by atoms with E-state index in [9.17, 15) is 13.5 Å². The molecule has 6 heteroatoms. The molecule has 0 unspecified atom stereocenters. The SMILES string of the molecule is O=S(=O)(O)C=C[O-].[Na+]. The minimum atomic E-state index is -4.17. The van der Waals surface area contributed by atoms with Gasteiger partial charge in [-0.3, -0.25) is 4.55 Å². The minimum Gasteiger partial charge on any atom is -0.877 e. The van der Waals surface area contributed by atoms with E-state index in [2.05, 4.69) is 0 Å². The van der Waals surface area contributed by atoms with Gasteiger partial charge in [-0.1, -0.05) is 0 Å². The molecule has 0 rings (SSSR count). The van der Waals surface area contributed by atoms with Crippen LogP contribution >= 0.6 is 0 Å². The molecule has 0 aliphatic heterocycles. The molecule has 0 fully saturated rings. The van der Waals surface area contributed by atoms with Crippen molar-refractivity contribution in [3.63, 3.8) is 0 Å². The van der Waals surface area contributed by atoms with Crippen LogP contribution in [-0.4, -0.2) is 13.0 Å². The Balaban J connectivity index is 0. The monoisotopic (exact) mass is 146 g/mol. The summed E-state index contributed by atoms with van der Waals surface area (Å²) in [6, 6.07) is 0. The Morgan fingerprint density at radius 1 is 1.50 bits per heavy atom. The molecule has 0 saturated carbocycles. The molecule has 8 heavy (non-hydrogen) atoms. The van der Waals surface area contributed by atoms with E-state index in [1.807, 2.05) is 0 Å². The molecule has 0 aromatic rings. The fraction of sp³-hybridized carbons (Fsp3) is 0. The fourth-order valence-electron chi connectivity index (χ4n) is 0.0702. The maximum absolute atomic E-state index is 9.50. The Hall–Kier alpha value is 0.450. The van der Waals surface area contributed by atoms with Crippen molar-refractivity contribution >= 4 is 10.1 Å². The Morgan fingerprint density at radius 3 is 1.88 bits per heavy atom. The van der Waals surface area contributed by atoms with E-state index >= 15 is 0 Å². The molecule has 0 radical (unpaired) electrons. The van der Waals surface area contributed by atoms with Crippen molar-refractivity contribution in [3.8, 4) is 0 Å². The summed E-state index contributed by atoms with van der Waals surface area (Å²) in [5.74, 6) is 0. The zero-order valence-electron chi connectivity index (χ0n) is 4.23. The molecule has 0 spiro atoms. The van der Waals surface area contributed by atoms with E-state index in [0.29, 0.717) is 0 Å². The Labute approximate surface area is 69.3 Å². The molecule has 0 aliphatic rings. The van der Waals surface area contributed by atoms with Gasteiger partial charge in [0.25, 0.3) is 10.1 Å². The van der Waals surface area contributed by atoms with Gasteiger partial charge in [0.2, 0.25) is 0 Å². The molecule has 0 bridgehead atoms. The molecule has 0 aromatic heterocycles. The van der Waals surface area contributed by atoms with Crippen molar-refractivity contribution in [3.05, 3.63) is 11.7 Å². The Bertz CT molecular complexity index is 157. The molecule has 4 nitrogen and oxygen atoms in total. The molecule has 0 aromatic carbocycles. The first kappa shape index (κ1) is 11.3. The van der Waals surface area contributed by atoms with E-state index in [1.54, 1.807) is 0 Å². The van der Waals surface area contributed by atoms with Gasteiger partial charge in [0.15, 0.2) is 0 Å². The van der Waals surface area contributed by atoms with Crippen LogP contribution in [0.5, 0.6) is 0 Å². The predicted octanol–water partition coefficient (Wildman–Crippen LogP) is -4.29.